The zero-order valence-electron chi connectivity index (χ0n) is 29.3. The summed E-state index contributed by atoms with van der Waals surface area (Å²) in [6, 6.07) is -2.55. The fourth-order valence-electron chi connectivity index (χ4n) is 6.70. The lowest BCUT2D eigenvalue weighted by molar-refractivity contribution is -0.147. The van der Waals surface area contributed by atoms with Crippen molar-refractivity contribution in [2.45, 2.75) is 181 Å². The van der Waals surface area contributed by atoms with Gasteiger partial charge in [-0.2, -0.15) is 0 Å². The predicted molar refractivity (Wildman–Crippen MR) is 181 cm³/mol. The molecule has 2 fully saturated rings. The topological polar surface area (TPSA) is 130 Å². The normalized spacial score (nSPS) is 23.5. The van der Waals surface area contributed by atoms with Crippen LogP contribution in [0.1, 0.15) is 163 Å². The van der Waals surface area contributed by atoms with E-state index in [9.17, 15) is 28.8 Å². The van der Waals surface area contributed by atoms with Crippen molar-refractivity contribution in [2.24, 2.45) is 11.8 Å². The molecule has 2 N–H and O–H groups in total. The monoisotopic (exact) mass is 645 g/mol. The Morgan fingerprint density at radius 2 is 1.41 bits per heavy atom. The van der Waals surface area contributed by atoms with Crippen LogP contribution in [0.5, 0.6) is 0 Å². The van der Waals surface area contributed by atoms with Crippen LogP contribution in [0.4, 0.5) is 0 Å². The van der Waals surface area contributed by atoms with Crippen LogP contribution < -0.4 is 10.6 Å². The third-order valence-electron chi connectivity index (χ3n) is 10.0. The van der Waals surface area contributed by atoms with Crippen LogP contribution in [-0.4, -0.2) is 64.6 Å². The molecule has 0 aromatic carbocycles. The number of unbranched alkanes of at least 4 members (excludes halogenated alkanes) is 9. The highest BCUT2D eigenvalue weighted by Gasteiger charge is 2.41. The summed E-state index contributed by atoms with van der Waals surface area (Å²) >= 11 is 0. The summed E-state index contributed by atoms with van der Waals surface area (Å²) < 4.78 is 0. The van der Waals surface area contributed by atoms with Gasteiger partial charge in [0.25, 0.3) is 0 Å². The van der Waals surface area contributed by atoms with E-state index in [2.05, 4.69) is 17.6 Å². The largest absolute Gasteiger partial charge is 0.344 e. The average Bonchev–Trinajstić information content (AvgIpc) is 3.05. The van der Waals surface area contributed by atoms with Gasteiger partial charge in [-0.1, -0.05) is 91.9 Å². The molecule has 9 heteroatoms. The maximum absolute atomic E-state index is 13.9. The Balaban J connectivity index is 2.21. The molecular weight excluding hydrogens is 582 g/mol. The Hall–Kier alpha value is -2.58. The van der Waals surface area contributed by atoms with Gasteiger partial charge in [-0.05, 0) is 44.4 Å². The fraction of sp³-hybridized carbons (Fsp3) is 0.838. The summed E-state index contributed by atoms with van der Waals surface area (Å²) in [6.45, 7) is 8.35. The van der Waals surface area contributed by atoms with Crippen molar-refractivity contribution in [3.8, 4) is 0 Å². The first kappa shape index (κ1) is 39.6. The van der Waals surface area contributed by atoms with E-state index >= 15 is 0 Å². The molecule has 2 aliphatic heterocycles. The van der Waals surface area contributed by atoms with Gasteiger partial charge in [0.05, 0.1) is 6.04 Å². The molecule has 3 amide bonds. The van der Waals surface area contributed by atoms with Crippen LogP contribution in [0.25, 0.3) is 0 Å². The van der Waals surface area contributed by atoms with E-state index in [-0.39, 0.29) is 42.0 Å². The number of piperidine rings is 1. The van der Waals surface area contributed by atoms with Gasteiger partial charge in [0.15, 0.2) is 5.78 Å². The highest BCUT2D eigenvalue weighted by atomic mass is 16.2. The van der Waals surface area contributed by atoms with Gasteiger partial charge in [-0.25, -0.2) is 0 Å². The van der Waals surface area contributed by atoms with E-state index < -0.39 is 35.9 Å². The molecule has 0 radical (unpaired) electrons. The van der Waals surface area contributed by atoms with Crippen molar-refractivity contribution >= 4 is 35.1 Å². The minimum Gasteiger partial charge on any atom is -0.344 e. The fourth-order valence-corrected chi connectivity index (χ4v) is 6.70. The second-order valence-electron chi connectivity index (χ2n) is 13.8. The van der Waals surface area contributed by atoms with E-state index in [1.54, 1.807) is 4.90 Å². The van der Waals surface area contributed by atoms with Crippen LogP contribution in [0, 0.1) is 11.8 Å². The van der Waals surface area contributed by atoms with Crippen molar-refractivity contribution in [1.82, 2.24) is 15.5 Å². The van der Waals surface area contributed by atoms with Crippen molar-refractivity contribution in [2.75, 3.05) is 6.54 Å². The summed E-state index contributed by atoms with van der Waals surface area (Å²) in [4.78, 5) is 81.7. The lowest BCUT2D eigenvalue weighted by Gasteiger charge is -2.39. The Kier molecular flexibility index (Phi) is 19.0. The lowest BCUT2D eigenvalue weighted by Crippen LogP contribution is -2.61. The molecule has 2 saturated heterocycles. The molecule has 262 valence electrons. The number of carbonyl (C=O) groups is 6. The molecule has 9 nitrogen and oxygen atoms in total. The molecule has 1 unspecified atom stereocenters. The number of carbonyl (C=O) groups excluding carboxylic acids is 6. The van der Waals surface area contributed by atoms with Crippen molar-refractivity contribution < 1.29 is 28.8 Å². The van der Waals surface area contributed by atoms with Gasteiger partial charge in [0, 0.05) is 44.6 Å². The number of hydrogen-bond donors (Lipinski definition) is 2. The minimum absolute atomic E-state index is 0.0112. The average molecular weight is 646 g/mol. The molecule has 0 spiro atoms. The van der Waals surface area contributed by atoms with Crippen LogP contribution in [0.3, 0.4) is 0 Å². The Morgan fingerprint density at radius 3 is 2.07 bits per heavy atom. The molecule has 2 heterocycles. The van der Waals surface area contributed by atoms with Crippen LogP contribution >= 0.6 is 0 Å². The molecule has 2 aliphatic rings. The molecule has 5 atom stereocenters. The van der Waals surface area contributed by atoms with Crippen molar-refractivity contribution in [1.29, 1.82) is 0 Å². The van der Waals surface area contributed by atoms with Gasteiger partial charge in [0.1, 0.15) is 23.7 Å². The SMILES string of the molecule is CCCCCCCCCCC(=O)C[C@@H]1NC(=O)[C@H](CCCCCC(=O)CC)CC(=O)[C@H]2CCCCN2C(=O)C([C@H](C)CC)NC1=O. The molecule has 2 rings (SSSR count). The Bertz CT molecular complexity index is 998. The van der Waals surface area contributed by atoms with Crippen molar-refractivity contribution in [3.63, 3.8) is 0 Å². The number of amides is 3. The number of nitrogens with zero attached hydrogens (tertiary/aromatic N) is 1. The van der Waals surface area contributed by atoms with Gasteiger partial charge < -0.3 is 15.5 Å². The summed E-state index contributed by atoms with van der Waals surface area (Å²) in [7, 11) is 0. The number of Topliss-reactive ketones (excluding diaryl/α,β-unsaturated/α-hetero) is 3. The van der Waals surface area contributed by atoms with Gasteiger partial charge in [-0.3, -0.25) is 28.8 Å². The molecule has 0 aromatic rings. The number of rotatable bonds is 20. The number of fused-ring (bicyclic) bond motifs is 1. The zero-order valence-corrected chi connectivity index (χ0v) is 29.3. The van der Waals surface area contributed by atoms with Gasteiger partial charge >= 0.3 is 0 Å². The van der Waals surface area contributed by atoms with Gasteiger partial charge in [-0.15, -0.1) is 0 Å². The van der Waals surface area contributed by atoms with Crippen molar-refractivity contribution in [3.05, 3.63) is 0 Å². The Labute approximate surface area is 278 Å². The first-order valence-corrected chi connectivity index (χ1v) is 18.6. The molecular formula is C37H63N3O6. The van der Waals surface area contributed by atoms with E-state index in [0.717, 1.165) is 51.4 Å². The standard InChI is InChI=1S/C37H63N3O6/c1-5-8-9-10-11-12-13-16-22-30(42)26-31-36(45)39-34(27(4)6-2)37(46)40-24-19-18-23-32(40)33(43)25-28(35(44)38-31)20-15-14-17-21-29(41)7-3/h27-28,31-32,34H,5-26H2,1-4H3,(H,38,44)(H,39,45)/t27-,28-,31+,32-,34?/m1/s1. The van der Waals surface area contributed by atoms with E-state index in [1.807, 2.05) is 20.8 Å². The van der Waals surface area contributed by atoms with Crippen LogP contribution in [-0.2, 0) is 28.8 Å². The Morgan fingerprint density at radius 1 is 0.783 bits per heavy atom. The van der Waals surface area contributed by atoms with Crippen LogP contribution in [0.15, 0.2) is 0 Å². The highest BCUT2D eigenvalue weighted by molar-refractivity contribution is 5.99. The lowest BCUT2D eigenvalue weighted by atomic mass is 9.87. The first-order chi connectivity index (χ1) is 22.1. The third kappa shape index (κ3) is 13.6. The number of hydrogen-bond acceptors (Lipinski definition) is 6. The maximum atomic E-state index is 13.9. The predicted octanol–water partition coefficient (Wildman–Crippen LogP) is 6.39. The van der Waals surface area contributed by atoms with E-state index in [4.69, 9.17) is 0 Å². The maximum Gasteiger partial charge on any atom is 0.246 e. The second kappa shape index (κ2) is 22.1. The molecule has 0 aromatic heterocycles. The highest BCUT2D eigenvalue weighted by Crippen LogP contribution is 2.26. The summed E-state index contributed by atoms with van der Waals surface area (Å²) in [5.41, 5.74) is 0. The summed E-state index contributed by atoms with van der Waals surface area (Å²) in [5.74, 6) is -2.03. The minimum atomic E-state index is -1.11. The molecule has 46 heavy (non-hydrogen) atoms. The smallest absolute Gasteiger partial charge is 0.246 e. The zero-order chi connectivity index (χ0) is 33.9. The second-order valence-corrected chi connectivity index (χ2v) is 13.8. The number of ketones is 3. The van der Waals surface area contributed by atoms with Gasteiger partial charge in [0.2, 0.25) is 17.7 Å². The van der Waals surface area contributed by atoms with Crippen LogP contribution in [0.2, 0.25) is 0 Å². The number of nitrogens with one attached hydrogen (secondary N) is 2. The quantitative estimate of drug-likeness (QED) is 0.148. The summed E-state index contributed by atoms with van der Waals surface area (Å²) in [6.07, 6.45) is 15.5. The molecule has 0 aliphatic carbocycles. The molecule has 0 bridgehead atoms. The van der Waals surface area contributed by atoms with E-state index in [1.165, 1.54) is 25.7 Å². The first-order valence-electron chi connectivity index (χ1n) is 18.6. The van der Waals surface area contributed by atoms with E-state index in [0.29, 0.717) is 51.5 Å². The summed E-state index contributed by atoms with van der Waals surface area (Å²) in [5, 5.41) is 5.76. The third-order valence-corrected chi connectivity index (χ3v) is 10.0. The molecule has 0 saturated carbocycles.